The number of hydrogen-bond donors (Lipinski definition) is 1. The molecule has 0 radical (unpaired) electrons. The summed E-state index contributed by atoms with van der Waals surface area (Å²) in [7, 11) is 0. The summed E-state index contributed by atoms with van der Waals surface area (Å²) in [6.07, 6.45) is 0. The SMILES string of the molecule is Cc1cc(Br)ccc1Nc1nnc(C)c(C)c1C#N. The molecule has 0 atom stereocenters. The molecule has 2 aromatic rings. The summed E-state index contributed by atoms with van der Waals surface area (Å²) < 4.78 is 1.02. The molecule has 0 aliphatic heterocycles. The minimum Gasteiger partial charge on any atom is -0.337 e. The average molecular weight is 317 g/mol. The van der Waals surface area contributed by atoms with Crippen LogP contribution >= 0.6 is 15.9 Å². The van der Waals surface area contributed by atoms with Gasteiger partial charge in [-0.2, -0.15) is 10.4 Å². The lowest BCUT2D eigenvalue weighted by Gasteiger charge is -2.11. The monoisotopic (exact) mass is 316 g/mol. The number of halogens is 1. The maximum Gasteiger partial charge on any atom is 0.171 e. The Bertz CT molecular complexity index is 674. The van der Waals surface area contributed by atoms with Crippen molar-refractivity contribution in [3.63, 3.8) is 0 Å². The third kappa shape index (κ3) is 2.74. The van der Waals surface area contributed by atoms with Crippen molar-refractivity contribution in [1.82, 2.24) is 10.2 Å². The predicted molar refractivity (Wildman–Crippen MR) is 78.4 cm³/mol. The van der Waals surface area contributed by atoms with Crippen molar-refractivity contribution in [2.75, 3.05) is 5.32 Å². The van der Waals surface area contributed by atoms with E-state index in [2.05, 4.69) is 37.5 Å². The van der Waals surface area contributed by atoms with Crippen LogP contribution in [0.25, 0.3) is 0 Å². The van der Waals surface area contributed by atoms with Crippen LogP contribution < -0.4 is 5.32 Å². The number of nitrogens with zero attached hydrogens (tertiary/aromatic N) is 3. The molecule has 0 fully saturated rings. The molecule has 1 heterocycles. The maximum atomic E-state index is 9.25. The highest BCUT2D eigenvalue weighted by Gasteiger charge is 2.11. The van der Waals surface area contributed by atoms with Gasteiger partial charge in [-0.05, 0) is 50.1 Å². The summed E-state index contributed by atoms with van der Waals surface area (Å²) in [5, 5.41) is 20.6. The number of aryl methyl sites for hydroxylation is 2. The summed E-state index contributed by atoms with van der Waals surface area (Å²) in [6, 6.07) is 8.07. The second-order valence-corrected chi connectivity index (χ2v) is 5.25. The largest absolute Gasteiger partial charge is 0.337 e. The van der Waals surface area contributed by atoms with Gasteiger partial charge < -0.3 is 5.32 Å². The molecule has 96 valence electrons. The topological polar surface area (TPSA) is 61.6 Å². The van der Waals surface area contributed by atoms with Crippen LogP contribution in [0.5, 0.6) is 0 Å². The number of anilines is 2. The summed E-state index contributed by atoms with van der Waals surface area (Å²) in [6.45, 7) is 5.72. The zero-order valence-electron chi connectivity index (χ0n) is 11.0. The van der Waals surface area contributed by atoms with E-state index in [4.69, 9.17) is 0 Å². The molecule has 1 aromatic carbocycles. The van der Waals surface area contributed by atoms with Crippen molar-refractivity contribution in [3.05, 3.63) is 45.1 Å². The Morgan fingerprint density at radius 2 is 1.95 bits per heavy atom. The first kappa shape index (κ1) is 13.5. The number of aromatic nitrogens is 2. The Labute approximate surface area is 120 Å². The van der Waals surface area contributed by atoms with Crippen molar-refractivity contribution in [2.45, 2.75) is 20.8 Å². The van der Waals surface area contributed by atoms with E-state index in [0.717, 1.165) is 27.0 Å². The second kappa shape index (κ2) is 5.37. The van der Waals surface area contributed by atoms with Gasteiger partial charge in [0.05, 0.1) is 5.69 Å². The fraction of sp³-hybridized carbons (Fsp3) is 0.214. The van der Waals surface area contributed by atoms with E-state index in [1.54, 1.807) is 0 Å². The third-order valence-corrected chi connectivity index (χ3v) is 3.50. The second-order valence-electron chi connectivity index (χ2n) is 4.33. The zero-order valence-corrected chi connectivity index (χ0v) is 12.5. The Balaban J connectivity index is 2.44. The van der Waals surface area contributed by atoms with Gasteiger partial charge in [0.15, 0.2) is 5.82 Å². The van der Waals surface area contributed by atoms with Gasteiger partial charge >= 0.3 is 0 Å². The molecular formula is C14H13BrN4. The number of hydrogen-bond acceptors (Lipinski definition) is 4. The molecular weight excluding hydrogens is 304 g/mol. The molecule has 2 rings (SSSR count). The van der Waals surface area contributed by atoms with Crippen molar-refractivity contribution < 1.29 is 0 Å². The first-order chi connectivity index (χ1) is 9.02. The summed E-state index contributed by atoms with van der Waals surface area (Å²) in [5.41, 5.74) is 4.15. The van der Waals surface area contributed by atoms with Crippen LogP contribution in [-0.4, -0.2) is 10.2 Å². The van der Waals surface area contributed by atoms with Crippen LogP contribution in [0.3, 0.4) is 0 Å². The van der Waals surface area contributed by atoms with Crippen molar-refractivity contribution in [3.8, 4) is 6.07 Å². The molecule has 0 saturated carbocycles. The van der Waals surface area contributed by atoms with E-state index in [0.29, 0.717) is 11.4 Å². The number of nitriles is 1. The molecule has 19 heavy (non-hydrogen) atoms. The standard InChI is InChI=1S/C14H13BrN4/c1-8-6-11(15)4-5-13(8)17-14-12(7-16)9(2)10(3)18-19-14/h4-6H,1-3H3,(H,17,19). The third-order valence-electron chi connectivity index (χ3n) is 3.01. The zero-order chi connectivity index (χ0) is 14.0. The highest BCUT2D eigenvalue weighted by Crippen LogP contribution is 2.25. The van der Waals surface area contributed by atoms with E-state index < -0.39 is 0 Å². The molecule has 1 N–H and O–H groups in total. The Morgan fingerprint density at radius 1 is 1.21 bits per heavy atom. The van der Waals surface area contributed by atoms with E-state index in [1.807, 2.05) is 39.0 Å². The maximum absolute atomic E-state index is 9.25. The lowest BCUT2D eigenvalue weighted by Crippen LogP contribution is -2.04. The molecule has 5 heteroatoms. The minimum absolute atomic E-state index is 0.496. The van der Waals surface area contributed by atoms with Gasteiger partial charge in [0.1, 0.15) is 11.6 Å². The van der Waals surface area contributed by atoms with Crippen molar-refractivity contribution in [2.24, 2.45) is 0 Å². The van der Waals surface area contributed by atoms with Crippen LogP contribution in [0.15, 0.2) is 22.7 Å². The van der Waals surface area contributed by atoms with Gasteiger partial charge in [0.2, 0.25) is 0 Å². The fourth-order valence-electron chi connectivity index (χ4n) is 1.73. The summed E-state index contributed by atoms with van der Waals surface area (Å²) >= 11 is 3.42. The van der Waals surface area contributed by atoms with Crippen molar-refractivity contribution >= 4 is 27.4 Å². The number of rotatable bonds is 2. The Kier molecular flexibility index (Phi) is 3.82. The highest BCUT2D eigenvalue weighted by atomic mass is 79.9. The van der Waals surface area contributed by atoms with E-state index in [-0.39, 0.29) is 0 Å². The van der Waals surface area contributed by atoms with Crippen LogP contribution in [-0.2, 0) is 0 Å². The first-order valence-electron chi connectivity index (χ1n) is 5.80. The highest BCUT2D eigenvalue weighted by molar-refractivity contribution is 9.10. The van der Waals surface area contributed by atoms with Crippen LogP contribution in [0.1, 0.15) is 22.4 Å². The fourth-order valence-corrected chi connectivity index (χ4v) is 2.20. The minimum atomic E-state index is 0.496. The molecule has 0 aliphatic carbocycles. The number of benzene rings is 1. The normalized spacial score (nSPS) is 10.1. The quantitative estimate of drug-likeness (QED) is 0.915. The summed E-state index contributed by atoms with van der Waals surface area (Å²) in [5.74, 6) is 0.496. The van der Waals surface area contributed by atoms with Crippen LogP contribution in [0.2, 0.25) is 0 Å². The average Bonchev–Trinajstić information content (AvgIpc) is 2.37. The van der Waals surface area contributed by atoms with Gasteiger partial charge in [-0.15, -0.1) is 5.10 Å². The molecule has 4 nitrogen and oxygen atoms in total. The molecule has 0 saturated heterocycles. The number of nitrogens with one attached hydrogen (secondary N) is 1. The van der Waals surface area contributed by atoms with E-state index in [1.165, 1.54) is 0 Å². The molecule has 0 aliphatic rings. The van der Waals surface area contributed by atoms with E-state index >= 15 is 0 Å². The molecule has 1 aromatic heterocycles. The molecule has 0 amide bonds. The lowest BCUT2D eigenvalue weighted by atomic mass is 10.1. The lowest BCUT2D eigenvalue weighted by molar-refractivity contribution is 0.960. The van der Waals surface area contributed by atoms with Gasteiger partial charge in [0.25, 0.3) is 0 Å². The van der Waals surface area contributed by atoms with E-state index in [9.17, 15) is 5.26 Å². The van der Waals surface area contributed by atoms with Gasteiger partial charge in [-0.25, -0.2) is 0 Å². The Morgan fingerprint density at radius 3 is 2.58 bits per heavy atom. The Hall–Kier alpha value is -1.93. The predicted octanol–water partition coefficient (Wildman–Crippen LogP) is 3.78. The van der Waals surface area contributed by atoms with Crippen molar-refractivity contribution in [1.29, 1.82) is 5.26 Å². The molecule has 0 spiro atoms. The van der Waals surface area contributed by atoms with Crippen LogP contribution in [0, 0.1) is 32.1 Å². The van der Waals surface area contributed by atoms with Gasteiger partial charge in [0, 0.05) is 10.2 Å². The molecule has 0 bridgehead atoms. The summed E-state index contributed by atoms with van der Waals surface area (Å²) in [4.78, 5) is 0. The van der Waals surface area contributed by atoms with Gasteiger partial charge in [-0.3, -0.25) is 0 Å². The smallest absolute Gasteiger partial charge is 0.171 e. The first-order valence-corrected chi connectivity index (χ1v) is 6.59. The molecule has 0 unspecified atom stereocenters. The van der Waals surface area contributed by atoms with Crippen LogP contribution in [0.4, 0.5) is 11.5 Å². The van der Waals surface area contributed by atoms with Gasteiger partial charge in [-0.1, -0.05) is 15.9 Å².